The van der Waals surface area contributed by atoms with Crippen LogP contribution in [0.1, 0.15) is 44.2 Å². The Hall–Kier alpha value is -1.89. The largest absolute Gasteiger partial charge is 0.435 e. The van der Waals surface area contributed by atoms with Crippen LogP contribution in [0.25, 0.3) is 0 Å². The summed E-state index contributed by atoms with van der Waals surface area (Å²) in [5, 5.41) is 15.1. The maximum atomic E-state index is 12.3. The summed E-state index contributed by atoms with van der Waals surface area (Å²) in [5.74, 6) is 0.145. The van der Waals surface area contributed by atoms with E-state index in [0.717, 1.165) is 25.7 Å². The van der Waals surface area contributed by atoms with Gasteiger partial charge in [-0.3, -0.25) is 0 Å². The highest BCUT2D eigenvalue weighted by Gasteiger charge is 2.26. The van der Waals surface area contributed by atoms with E-state index in [9.17, 15) is 18.7 Å². The van der Waals surface area contributed by atoms with E-state index < -0.39 is 6.61 Å². The van der Waals surface area contributed by atoms with Gasteiger partial charge in [0.05, 0.1) is 6.04 Å². The molecule has 134 valence electrons. The summed E-state index contributed by atoms with van der Waals surface area (Å²) in [6, 6.07) is 5.54. The molecule has 1 aromatic rings. The van der Waals surface area contributed by atoms with Gasteiger partial charge in [-0.1, -0.05) is 25.0 Å². The molecule has 1 fully saturated rings. The molecule has 0 heterocycles. The first-order chi connectivity index (χ1) is 11.5. The fraction of sp³-hybridized carbons (Fsp3) is 0.588. The quantitative estimate of drug-likeness (QED) is 0.743. The van der Waals surface area contributed by atoms with Gasteiger partial charge >= 0.3 is 12.6 Å². The van der Waals surface area contributed by atoms with Crippen molar-refractivity contribution >= 4 is 6.03 Å². The number of aliphatic hydroxyl groups is 1. The number of amides is 2. The van der Waals surface area contributed by atoms with Gasteiger partial charge in [-0.05, 0) is 37.5 Å². The zero-order valence-electron chi connectivity index (χ0n) is 13.7. The smallest absolute Gasteiger partial charge is 0.387 e. The van der Waals surface area contributed by atoms with Crippen LogP contribution in [0.3, 0.4) is 0 Å². The highest BCUT2D eigenvalue weighted by Crippen LogP contribution is 2.24. The Morgan fingerprint density at radius 2 is 2.12 bits per heavy atom. The average molecular weight is 342 g/mol. The molecular weight excluding hydrogens is 318 g/mol. The normalized spacial score (nSPS) is 22.0. The molecule has 0 aromatic heterocycles. The highest BCUT2D eigenvalue weighted by molar-refractivity contribution is 5.74. The molecule has 0 radical (unpaired) electrons. The van der Waals surface area contributed by atoms with Gasteiger partial charge < -0.3 is 20.5 Å². The lowest BCUT2D eigenvalue weighted by molar-refractivity contribution is -0.0499. The molecule has 0 saturated heterocycles. The van der Waals surface area contributed by atoms with Crippen molar-refractivity contribution in [2.75, 3.05) is 6.61 Å². The Morgan fingerprint density at radius 3 is 2.83 bits per heavy atom. The molecule has 0 spiro atoms. The van der Waals surface area contributed by atoms with Crippen molar-refractivity contribution in [1.29, 1.82) is 0 Å². The Morgan fingerprint density at radius 1 is 1.38 bits per heavy atom. The molecule has 1 aromatic carbocycles. The summed E-state index contributed by atoms with van der Waals surface area (Å²) in [4.78, 5) is 12.2. The second-order valence-electron chi connectivity index (χ2n) is 6.12. The Labute approximate surface area is 140 Å². The molecule has 0 aliphatic heterocycles. The number of benzene rings is 1. The molecule has 3 N–H and O–H groups in total. The Balaban J connectivity index is 1.91. The van der Waals surface area contributed by atoms with Gasteiger partial charge in [0.2, 0.25) is 0 Å². The maximum absolute atomic E-state index is 12.3. The van der Waals surface area contributed by atoms with Crippen molar-refractivity contribution in [3.8, 4) is 5.75 Å². The minimum atomic E-state index is -2.88. The van der Waals surface area contributed by atoms with Crippen LogP contribution in [0.15, 0.2) is 24.3 Å². The first-order valence-electron chi connectivity index (χ1n) is 8.22. The molecular formula is C17H24F2N2O3. The number of aliphatic hydroxyl groups excluding tert-OH is 1. The molecule has 3 atom stereocenters. The number of nitrogens with one attached hydrogen (secondary N) is 2. The van der Waals surface area contributed by atoms with E-state index >= 15 is 0 Å². The number of alkyl halides is 2. The standard InChI is InChI=1S/C17H24F2N2O3/c1-11(12-6-4-7-14(9-12)24-16(18)19)20-17(23)21-15-8-3-2-5-13(15)10-22/h4,6-7,9,11,13,15-16,22H,2-3,5,8,10H2,1H3,(H2,20,21,23). The molecule has 1 aliphatic rings. The number of rotatable bonds is 6. The van der Waals surface area contributed by atoms with E-state index in [4.69, 9.17) is 0 Å². The van der Waals surface area contributed by atoms with Gasteiger partial charge in [-0.2, -0.15) is 8.78 Å². The van der Waals surface area contributed by atoms with E-state index in [-0.39, 0.29) is 36.4 Å². The van der Waals surface area contributed by atoms with Crippen LogP contribution in [0.5, 0.6) is 5.75 Å². The third-order valence-corrected chi connectivity index (χ3v) is 4.39. The van der Waals surface area contributed by atoms with E-state index in [2.05, 4.69) is 15.4 Å². The Kier molecular flexibility index (Phi) is 6.78. The third kappa shape index (κ3) is 5.33. The highest BCUT2D eigenvalue weighted by atomic mass is 19.3. The van der Waals surface area contributed by atoms with Crippen LogP contribution < -0.4 is 15.4 Å². The van der Waals surface area contributed by atoms with E-state index in [1.54, 1.807) is 19.1 Å². The zero-order valence-corrected chi connectivity index (χ0v) is 13.7. The van der Waals surface area contributed by atoms with Crippen molar-refractivity contribution < 1.29 is 23.4 Å². The van der Waals surface area contributed by atoms with Crippen molar-refractivity contribution in [2.24, 2.45) is 5.92 Å². The van der Waals surface area contributed by atoms with Crippen LogP contribution in [-0.4, -0.2) is 30.4 Å². The summed E-state index contributed by atoms with van der Waals surface area (Å²) in [6.45, 7) is -1.05. The van der Waals surface area contributed by atoms with Crippen molar-refractivity contribution in [2.45, 2.75) is 51.3 Å². The second kappa shape index (κ2) is 8.82. The van der Waals surface area contributed by atoms with Crippen molar-refractivity contribution in [1.82, 2.24) is 10.6 Å². The van der Waals surface area contributed by atoms with Gasteiger partial charge in [0.25, 0.3) is 0 Å². The summed E-state index contributed by atoms with van der Waals surface area (Å²) in [5.41, 5.74) is 0.672. The molecule has 2 amide bonds. The monoisotopic (exact) mass is 342 g/mol. The number of hydrogen-bond donors (Lipinski definition) is 3. The first-order valence-corrected chi connectivity index (χ1v) is 8.22. The Bertz CT molecular complexity index is 542. The number of carbonyl (C=O) groups excluding carboxylic acids is 1. The van der Waals surface area contributed by atoms with Gasteiger partial charge in [-0.25, -0.2) is 4.79 Å². The van der Waals surface area contributed by atoms with Crippen LogP contribution in [0, 0.1) is 5.92 Å². The van der Waals surface area contributed by atoms with Gasteiger partial charge in [-0.15, -0.1) is 0 Å². The average Bonchev–Trinajstić information content (AvgIpc) is 2.55. The lowest BCUT2D eigenvalue weighted by Gasteiger charge is -2.31. The number of halogens is 2. The lowest BCUT2D eigenvalue weighted by Crippen LogP contribution is -2.48. The zero-order chi connectivity index (χ0) is 17.5. The lowest BCUT2D eigenvalue weighted by atomic mass is 9.85. The van der Waals surface area contributed by atoms with Crippen LogP contribution in [-0.2, 0) is 0 Å². The number of carbonyl (C=O) groups is 1. The van der Waals surface area contributed by atoms with Crippen molar-refractivity contribution in [3.05, 3.63) is 29.8 Å². The number of ether oxygens (including phenoxy) is 1. The molecule has 2 rings (SSSR count). The topological polar surface area (TPSA) is 70.6 Å². The third-order valence-electron chi connectivity index (χ3n) is 4.39. The molecule has 7 heteroatoms. The predicted octanol–water partition coefficient (Wildman–Crippen LogP) is 3.20. The molecule has 0 bridgehead atoms. The molecule has 24 heavy (non-hydrogen) atoms. The van der Waals surface area contributed by atoms with E-state index in [1.807, 2.05) is 0 Å². The molecule has 1 aliphatic carbocycles. The predicted molar refractivity (Wildman–Crippen MR) is 86.0 cm³/mol. The van der Waals surface area contributed by atoms with Crippen LogP contribution in [0.2, 0.25) is 0 Å². The number of urea groups is 1. The fourth-order valence-electron chi connectivity index (χ4n) is 3.07. The number of hydrogen-bond acceptors (Lipinski definition) is 3. The first kappa shape index (κ1) is 18.4. The summed E-state index contributed by atoms with van der Waals surface area (Å²) in [7, 11) is 0. The molecule has 5 nitrogen and oxygen atoms in total. The van der Waals surface area contributed by atoms with E-state index in [0.29, 0.717) is 5.56 Å². The van der Waals surface area contributed by atoms with Gasteiger partial charge in [0.15, 0.2) is 0 Å². The minimum Gasteiger partial charge on any atom is -0.435 e. The van der Waals surface area contributed by atoms with Crippen LogP contribution in [0.4, 0.5) is 13.6 Å². The SMILES string of the molecule is CC(NC(=O)NC1CCCCC1CO)c1cccc(OC(F)F)c1. The fourth-order valence-corrected chi connectivity index (χ4v) is 3.07. The summed E-state index contributed by atoms with van der Waals surface area (Å²) in [6.07, 6.45) is 3.86. The summed E-state index contributed by atoms with van der Waals surface area (Å²) < 4.78 is 28.9. The van der Waals surface area contributed by atoms with Crippen molar-refractivity contribution in [3.63, 3.8) is 0 Å². The van der Waals surface area contributed by atoms with E-state index in [1.165, 1.54) is 12.1 Å². The van der Waals surface area contributed by atoms with Gasteiger partial charge in [0.1, 0.15) is 5.75 Å². The summed E-state index contributed by atoms with van der Waals surface area (Å²) >= 11 is 0. The second-order valence-corrected chi connectivity index (χ2v) is 6.12. The molecule has 3 unspecified atom stereocenters. The maximum Gasteiger partial charge on any atom is 0.387 e. The van der Waals surface area contributed by atoms with Crippen LogP contribution >= 0.6 is 0 Å². The minimum absolute atomic E-state index is 0.0375. The van der Waals surface area contributed by atoms with Gasteiger partial charge in [0, 0.05) is 18.6 Å². The molecule has 1 saturated carbocycles.